The number of carbonyl (C=O) groups is 1. The van der Waals surface area contributed by atoms with Crippen LogP contribution in [0.4, 0.5) is 0 Å². The van der Waals surface area contributed by atoms with E-state index in [0.29, 0.717) is 6.42 Å². The highest BCUT2D eigenvalue weighted by molar-refractivity contribution is 5.76. The Balaban J connectivity index is 1.94. The number of nitrogens with one attached hydrogen (secondary N) is 1. The summed E-state index contributed by atoms with van der Waals surface area (Å²) in [5.41, 5.74) is -0.577. The summed E-state index contributed by atoms with van der Waals surface area (Å²) in [5.74, 6) is -0.520. The van der Waals surface area contributed by atoms with Crippen molar-refractivity contribution in [1.82, 2.24) is 19.0 Å². The Bertz CT molecular complexity index is 1260. The standard InChI is InChI=1S/C25H26N4O4/c1-3-15-27-23(31)28(16-4-2)25(33)29(24(27)32)18-22(30)26-21(20-13-9-6-10-14-20)17-19-11-7-5-8-12-19/h3-14,21H,1-2,15-18H2,(H,26,30). The molecular weight excluding hydrogens is 420 g/mol. The molecule has 170 valence electrons. The number of amides is 1. The van der Waals surface area contributed by atoms with Crippen LogP contribution >= 0.6 is 0 Å². The summed E-state index contributed by atoms with van der Waals surface area (Å²) >= 11 is 0. The van der Waals surface area contributed by atoms with Gasteiger partial charge in [0.15, 0.2) is 0 Å². The van der Waals surface area contributed by atoms with Gasteiger partial charge in [0.1, 0.15) is 6.54 Å². The highest BCUT2D eigenvalue weighted by Gasteiger charge is 2.19. The van der Waals surface area contributed by atoms with Crippen molar-refractivity contribution in [3.8, 4) is 0 Å². The number of hydrogen-bond donors (Lipinski definition) is 1. The van der Waals surface area contributed by atoms with Gasteiger partial charge < -0.3 is 5.32 Å². The maximum atomic E-state index is 13.0. The topological polar surface area (TPSA) is 95.1 Å². The monoisotopic (exact) mass is 446 g/mol. The summed E-state index contributed by atoms with van der Waals surface area (Å²) in [4.78, 5) is 51.1. The van der Waals surface area contributed by atoms with Gasteiger partial charge in [-0.25, -0.2) is 28.1 Å². The molecule has 0 saturated heterocycles. The summed E-state index contributed by atoms with van der Waals surface area (Å²) < 4.78 is 2.49. The summed E-state index contributed by atoms with van der Waals surface area (Å²) in [6, 6.07) is 18.8. The van der Waals surface area contributed by atoms with E-state index in [2.05, 4.69) is 18.5 Å². The van der Waals surface area contributed by atoms with Gasteiger partial charge in [-0.15, -0.1) is 13.2 Å². The van der Waals surface area contributed by atoms with E-state index in [4.69, 9.17) is 0 Å². The van der Waals surface area contributed by atoms with Crippen LogP contribution in [-0.4, -0.2) is 19.6 Å². The molecule has 3 rings (SSSR count). The molecule has 1 N–H and O–H groups in total. The maximum absolute atomic E-state index is 13.0. The summed E-state index contributed by atoms with van der Waals surface area (Å²) in [5, 5.41) is 2.93. The van der Waals surface area contributed by atoms with Crippen molar-refractivity contribution in [3.05, 3.63) is 129 Å². The molecule has 0 saturated carbocycles. The largest absolute Gasteiger partial charge is 0.347 e. The molecule has 0 spiro atoms. The first kappa shape index (κ1) is 23.5. The van der Waals surface area contributed by atoms with E-state index < -0.39 is 29.5 Å². The molecule has 3 aromatic rings. The van der Waals surface area contributed by atoms with Crippen molar-refractivity contribution in [2.75, 3.05) is 0 Å². The zero-order valence-electron chi connectivity index (χ0n) is 18.2. The van der Waals surface area contributed by atoms with Crippen LogP contribution in [0, 0.1) is 0 Å². The van der Waals surface area contributed by atoms with Crippen LogP contribution in [0.15, 0.2) is 100 Å². The van der Waals surface area contributed by atoms with Crippen molar-refractivity contribution in [3.63, 3.8) is 0 Å². The van der Waals surface area contributed by atoms with Gasteiger partial charge in [0.2, 0.25) is 5.91 Å². The van der Waals surface area contributed by atoms with Gasteiger partial charge in [0.05, 0.1) is 19.1 Å². The smallest absolute Gasteiger partial charge is 0.337 e. The zero-order chi connectivity index (χ0) is 23.8. The minimum Gasteiger partial charge on any atom is -0.347 e. The lowest BCUT2D eigenvalue weighted by atomic mass is 9.99. The van der Waals surface area contributed by atoms with E-state index in [0.717, 1.165) is 24.8 Å². The highest BCUT2D eigenvalue weighted by atomic mass is 16.2. The SMILES string of the molecule is C=CCn1c(=O)n(CC=C)c(=O)n(CC(=O)NC(Cc2ccccc2)c2ccccc2)c1=O. The molecule has 0 bridgehead atoms. The molecule has 0 aliphatic rings. The third-order valence-corrected chi connectivity index (χ3v) is 5.13. The van der Waals surface area contributed by atoms with Crippen LogP contribution in [0.25, 0.3) is 0 Å². The van der Waals surface area contributed by atoms with Gasteiger partial charge in [0, 0.05) is 0 Å². The van der Waals surface area contributed by atoms with E-state index in [1.54, 1.807) is 0 Å². The van der Waals surface area contributed by atoms with Crippen molar-refractivity contribution in [2.24, 2.45) is 0 Å². The number of nitrogens with zero attached hydrogens (tertiary/aromatic N) is 3. The molecule has 2 aromatic carbocycles. The fourth-order valence-corrected chi connectivity index (χ4v) is 3.56. The molecule has 8 nitrogen and oxygen atoms in total. The van der Waals surface area contributed by atoms with Crippen LogP contribution in [-0.2, 0) is 30.8 Å². The van der Waals surface area contributed by atoms with E-state index in [9.17, 15) is 19.2 Å². The normalized spacial score (nSPS) is 11.5. The van der Waals surface area contributed by atoms with Crippen LogP contribution < -0.4 is 22.4 Å². The number of allylic oxidation sites excluding steroid dienone is 2. The Morgan fingerprint density at radius 2 is 1.27 bits per heavy atom. The number of hydrogen-bond acceptors (Lipinski definition) is 4. The Hall–Kier alpha value is -4.20. The van der Waals surface area contributed by atoms with Gasteiger partial charge in [-0.1, -0.05) is 72.8 Å². The molecule has 0 radical (unpaired) electrons. The molecule has 0 fully saturated rings. The van der Waals surface area contributed by atoms with E-state index in [1.807, 2.05) is 60.7 Å². The molecule has 0 aliphatic carbocycles. The van der Waals surface area contributed by atoms with Gasteiger partial charge >= 0.3 is 17.1 Å². The van der Waals surface area contributed by atoms with Gasteiger partial charge in [-0.3, -0.25) is 4.79 Å². The van der Waals surface area contributed by atoms with Crippen molar-refractivity contribution >= 4 is 5.91 Å². The predicted molar refractivity (Wildman–Crippen MR) is 127 cm³/mol. The number of rotatable bonds is 10. The number of aromatic nitrogens is 3. The van der Waals surface area contributed by atoms with E-state index >= 15 is 0 Å². The zero-order valence-corrected chi connectivity index (χ0v) is 18.2. The summed E-state index contributed by atoms with van der Waals surface area (Å²) in [7, 11) is 0. The Labute approximate surface area is 190 Å². The molecule has 1 amide bonds. The molecule has 33 heavy (non-hydrogen) atoms. The molecule has 1 heterocycles. The number of carbonyl (C=O) groups excluding carboxylic acids is 1. The first-order valence-corrected chi connectivity index (χ1v) is 10.5. The van der Waals surface area contributed by atoms with Crippen molar-refractivity contribution < 1.29 is 4.79 Å². The van der Waals surface area contributed by atoms with Crippen LogP contribution in [0.5, 0.6) is 0 Å². The van der Waals surface area contributed by atoms with Crippen LogP contribution in [0.3, 0.4) is 0 Å². The lowest BCUT2D eigenvalue weighted by Gasteiger charge is -2.20. The third kappa shape index (κ3) is 5.54. The fraction of sp³-hybridized carbons (Fsp3) is 0.200. The first-order valence-electron chi connectivity index (χ1n) is 10.5. The van der Waals surface area contributed by atoms with Crippen LogP contribution in [0.2, 0.25) is 0 Å². The molecule has 1 aromatic heterocycles. The molecule has 1 atom stereocenters. The van der Waals surface area contributed by atoms with Crippen molar-refractivity contribution in [2.45, 2.75) is 32.1 Å². The van der Waals surface area contributed by atoms with Gasteiger partial charge in [0.25, 0.3) is 0 Å². The second-order valence-corrected chi connectivity index (χ2v) is 7.45. The Morgan fingerprint density at radius 3 is 1.79 bits per heavy atom. The van der Waals surface area contributed by atoms with Gasteiger partial charge in [-0.05, 0) is 17.5 Å². The summed E-state index contributed by atoms with van der Waals surface area (Å²) in [6.07, 6.45) is 3.28. The molecule has 1 unspecified atom stereocenters. The number of benzene rings is 2. The summed E-state index contributed by atoms with van der Waals surface area (Å²) in [6.45, 7) is 6.39. The predicted octanol–water partition coefficient (Wildman–Crippen LogP) is 1.64. The second-order valence-electron chi connectivity index (χ2n) is 7.45. The quantitative estimate of drug-likeness (QED) is 0.479. The lowest BCUT2D eigenvalue weighted by Crippen LogP contribution is -2.55. The fourth-order valence-electron chi connectivity index (χ4n) is 3.56. The first-order chi connectivity index (χ1) is 16.0. The highest BCUT2D eigenvalue weighted by Crippen LogP contribution is 2.18. The average molecular weight is 447 g/mol. The third-order valence-electron chi connectivity index (χ3n) is 5.13. The minimum absolute atomic E-state index is 0.0860. The minimum atomic E-state index is -0.861. The lowest BCUT2D eigenvalue weighted by molar-refractivity contribution is -0.122. The Kier molecular flexibility index (Phi) is 7.75. The molecular formula is C25H26N4O4. The second kappa shape index (κ2) is 10.9. The van der Waals surface area contributed by atoms with E-state index in [-0.39, 0.29) is 19.1 Å². The van der Waals surface area contributed by atoms with Gasteiger partial charge in [-0.2, -0.15) is 0 Å². The maximum Gasteiger partial charge on any atom is 0.337 e. The average Bonchev–Trinajstić information content (AvgIpc) is 2.83. The van der Waals surface area contributed by atoms with Crippen molar-refractivity contribution in [1.29, 1.82) is 0 Å². The van der Waals surface area contributed by atoms with Crippen LogP contribution in [0.1, 0.15) is 17.2 Å². The van der Waals surface area contributed by atoms with E-state index in [1.165, 1.54) is 12.2 Å². The molecule has 0 aliphatic heterocycles. The Morgan fingerprint density at radius 1 is 0.788 bits per heavy atom. The molecule has 8 heteroatoms.